The molecule has 0 bridgehead atoms. The van der Waals surface area contributed by atoms with Gasteiger partial charge in [0.25, 0.3) is 10.1 Å². The molecule has 0 amide bonds. The minimum Gasteiger partial charge on any atom is -0.478 e. The number of nitrogens with one attached hydrogen (secondary N) is 1. The van der Waals surface area contributed by atoms with Crippen molar-refractivity contribution in [2.45, 2.75) is 11.8 Å². The number of hydrogen-bond acceptors (Lipinski definition) is 6. The smallest absolute Gasteiger partial charge is 0.338 e. The van der Waals surface area contributed by atoms with Crippen molar-refractivity contribution in [1.29, 1.82) is 0 Å². The van der Waals surface area contributed by atoms with Crippen LogP contribution in [0.4, 0.5) is 11.4 Å². The van der Waals surface area contributed by atoms with Crippen molar-refractivity contribution >= 4 is 56.9 Å². The van der Waals surface area contributed by atoms with E-state index in [0.29, 0.717) is 10.7 Å². The van der Waals surface area contributed by atoms with Crippen LogP contribution in [0.3, 0.4) is 0 Å². The van der Waals surface area contributed by atoms with Gasteiger partial charge in [-0.3, -0.25) is 9.98 Å². The molecule has 138 valence electrons. The number of benzene rings is 2. The fraction of sp³-hybridized carbons (Fsp3) is 0.0667. The van der Waals surface area contributed by atoms with E-state index in [1.807, 2.05) is 0 Å². The summed E-state index contributed by atoms with van der Waals surface area (Å²) in [5, 5.41) is 15.2. The maximum absolute atomic E-state index is 11.5. The normalized spacial score (nSPS) is 11.5. The number of anilines is 2. The Morgan fingerprint density at radius 3 is 2.46 bits per heavy atom. The SMILES string of the molecule is CC=NN(Nc1ccc(Cl)cc1Cl)c1ccc(S(=O)(=O)O)cc1C(=O)O. The summed E-state index contributed by atoms with van der Waals surface area (Å²) in [6.07, 6.45) is 1.39. The van der Waals surface area contributed by atoms with Crippen LogP contribution in [0.5, 0.6) is 0 Å². The quantitative estimate of drug-likeness (QED) is 0.371. The Morgan fingerprint density at radius 1 is 1.23 bits per heavy atom. The summed E-state index contributed by atoms with van der Waals surface area (Å²) in [7, 11) is -4.56. The molecule has 2 aromatic rings. The number of carboxylic acids is 1. The second-order valence-corrected chi connectivity index (χ2v) is 7.15. The lowest BCUT2D eigenvalue weighted by Crippen LogP contribution is -2.26. The van der Waals surface area contributed by atoms with Gasteiger partial charge in [-0.2, -0.15) is 18.6 Å². The molecular weight excluding hydrogens is 405 g/mol. The van der Waals surface area contributed by atoms with Gasteiger partial charge >= 0.3 is 5.97 Å². The third-order valence-corrected chi connectivity index (χ3v) is 4.51. The molecule has 0 saturated heterocycles. The predicted molar refractivity (Wildman–Crippen MR) is 99.9 cm³/mol. The molecule has 0 spiro atoms. The van der Waals surface area contributed by atoms with E-state index < -0.39 is 26.5 Å². The van der Waals surface area contributed by atoms with Gasteiger partial charge < -0.3 is 5.11 Å². The highest BCUT2D eigenvalue weighted by atomic mass is 35.5. The number of carboxylic acid groups (broad SMARTS) is 1. The van der Waals surface area contributed by atoms with Crippen molar-refractivity contribution in [1.82, 2.24) is 0 Å². The first-order valence-corrected chi connectivity index (χ1v) is 9.18. The van der Waals surface area contributed by atoms with Gasteiger partial charge in [-0.05, 0) is 43.3 Å². The molecule has 8 nitrogen and oxygen atoms in total. The standard InChI is InChI=1S/C15H13Cl2N3O5S/c1-2-18-20(19-13-5-3-9(16)7-12(13)17)14-6-4-10(26(23,24)25)8-11(14)15(21)22/h2-8,19H,1H3,(H,21,22)(H,23,24,25). The number of aromatic carboxylic acids is 1. The molecule has 2 aromatic carbocycles. The van der Waals surface area contributed by atoms with Crippen LogP contribution in [0, 0.1) is 0 Å². The highest BCUT2D eigenvalue weighted by Gasteiger charge is 2.21. The molecule has 0 radical (unpaired) electrons. The lowest BCUT2D eigenvalue weighted by Gasteiger charge is -2.23. The minimum absolute atomic E-state index is 0.0222. The Hall–Kier alpha value is -2.33. The molecule has 0 aliphatic carbocycles. The van der Waals surface area contributed by atoms with E-state index >= 15 is 0 Å². The van der Waals surface area contributed by atoms with Crippen LogP contribution in [0.1, 0.15) is 17.3 Å². The number of rotatable bonds is 6. The fourth-order valence-electron chi connectivity index (χ4n) is 1.99. The maximum Gasteiger partial charge on any atom is 0.338 e. The summed E-state index contributed by atoms with van der Waals surface area (Å²) in [6, 6.07) is 7.70. The van der Waals surface area contributed by atoms with Gasteiger partial charge in [-0.15, -0.1) is 0 Å². The molecular formula is C15H13Cl2N3O5S. The number of carbonyl (C=O) groups is 1. The van der Waals surface area contributed by atoms with Crippen molar-refractivity contribution in [2.75, 3.05) is 10.5 Å². The maximum atomic E-state index is 11.5. The summed E-state index contributed by atoms with van der Waals surface area (Å²) in [5.74, 6) is -1.41. The van der Waals surface area contributed by atoms with Crippen LogP contribution in [-0.2, 0) is 10.1 Å². The number of hydrazone groups is 1. The number of hydrazine groups is 1. The van der Waals surface area contributed by atoms with Crippen LogP contribution in [-0.4, -0.2) is 30.3 Å². The van der Waals surface area contributed by atoms with Crippen molar-refractivity contribution < 1.29 is 22.9 Å². The van der Waals surface area contributed by atoms with Crippen LogP contribution in [0.25, 0.3) is 0 Å². The van der Waals surface area contributed by atoms with E-state index in [1.54, 1.807) is 19.1 Å². The summed E-state index contributed by atoms with van der Waals surface area (Å²) in [4.78, 5) is 11.0. The van der Waals surface area contributed by atoms with E-state index in [2.05, 4.69) is 10.5 Å². The van der Waals surface area contributed by atoms with Gasteiger partial charge in [0.2, 0.25) is 0 Å². The van der Waals surface area contributed by atoms with E-state index in [4.69, 9.17) is 27.8 Å². The average Bonchev–Trinajstić information content (AvgIpc) is 2.55. The van der Waals surface area contributed by atoms with Gasteiger partial charge in [-0.1, -0.05) is 23.2 Å². The fourth-order valence-corrected chi connectivity index (χ4v) is 2.95. The van der Waals surface area contributed by atoms with E-state index in [1.165, 1.54) is 18.3 Å². The van der Waals surface area contributed by atoms with Gasteiger partial charge in [0.15, 0.2) is 0 Å². The van der Waals surface area contributed by atoms with Gasteiger partial charge in [0.05, 0.1) is 26.9 Å². The largest absolute Gasteiger partial charge is 0.478 e. The predicted octanol–water partition coefficient (Wildman–Crippen LogP) is 3.78. The first kappa shape index (κ1) is 20.0. The summed E-state index contributed by atoms with van der Waals surface area (Å²) < 4.78 is 31.6. The first-order valence-electron chi connectivity index (χ1n) is 6.98. The van der Waals surface area contributed by atoms with Crippen LogP contribution >= 0.6 is 23.2 Å². The molecule has 0 heterocycles. The van der Waals surface area contributed by atoms with E-state index in [0.717, 1.165) is 17.3 Å². The molecule has 0 saturated carbocycles. The summed E-state index contributed by atoms with van der Waals surface area (Å²) >= 11 is 11.9. The molecule has 11 heteroatoms. The summed E-state index contributed by atoms with van der Waals surface area (Å²) in [6.45, 7) is 1.60. The lowest BCUT2D eigenvalue weighted by molar-refractivity contribution is 0.0697. The lowest BCUT2D eigenvalue weighted by atomic mass is 10.2. The first-order chi connectivity index (χ1) is 12.1. The molecule has 0 fully saturated rings. The van der Waals surface area contributed by atoms with Gasteiger partial charge in [0, 0.05) is 11.2 Å². The van der Waals surface area contributed by atoms with Crippen molar-refractivity contribution in [3.63, 3.8) is 0 Å². The zero-order valence-electron chi connectivity index (χ0n) is 13.2. The minimum atomic E-state index is -4.56. The van der Waals surface area contributed by atoms with Crippen LogP contribution < -0.4 is 10.5 Å². The van der Waals surface area contributed by atoms with E-state index in [9.17, 15) is 18.3 Å². The number of halogens is 2. The molecule has 26 heavy (non-hydrogen) atoms. The second kappa shape index (κ2) is 7.92. The monoisotopic (exact) mass is 417 g/mol. The summed E-state index contributed by atoms with van der Waals surface area (Å²) in [5.41, 5.74) is 2.82. The molecule has 0 atom stereocenters. The molecule has 0 aliphatic heterocycles. The van der Waals surface area contributed by atoms with Gasteiger partial charge in [0.1, 0.15) is 0 Å². The molecule has 2 rings (SSSR count). The zero-order chi connectivity index (χ0) is 19.5. The van der Waals surface area contributed by atoms with Gasteiger partial charge in [-0.25, -0.2) is 4.79 Å². The van der Waals surface area contributed by atoms with Crippen LogP contribution in [0.15, 0.2) is 46.4 Å². The van der Waals surface area contributed by atoms with Crippen molar-refractivity contribution in [2.24, 2.45) is 5.10 Å². The number of nitrogens with zero attached hydrogens (tertiary/aromatic N) is 2. The Balaban J connectivity index is 2.54. The highest BCUT2D eigenvalue weighted by Crippen LogP contribution is 2.29. The molecule has 0 aliphatic rings. The molecule has 3 N–H and O–H groups in total. The average molecular weight is 418 g/mol. The van der Waals surface area contributed by atoms with Crippen molar-refractivity contribution in [3.05, 3.63) is 52.0 Å². The Kier molecular flexibility index (Phi) is 6.09. The number of hydrogen-bond donors (Lipinski definition) is 3. The third-order valence-electron chi connectivity index (χ3n) is 3.11. The highest BCUT2D eigenvalue weighted by molar-refractivity contribution is 7.85. The van der Waals surface area contributed by atoms with Crippen LogP contribution in [0.2, 0.25) is 10.0 Å². The van der Waals surface area contributed by atoms with Crippen molar-refractivity contribution in [3.8, 4) is 0 Å². The Labute approximate surface area is 159 Å². The van der Waals surface area contributed by atoms with E-state index in [-0.39, 0.29) is 10.7 Å². The Bertz CT molecular complexity index is 979. The molecule has 0 aromatic heterocycles. The third kappa shape index (κ3) is 4.64. The molecule has 0 unspecified atom stereocenters. The topological polar surface area (TPSA) is 119 Å². The Morgan fingerprint density at radius 2 is 1.92 bits per heavy atom. The second-order valence-electron chi connectivity index (χ2n) is 4.88. The zero-order valence-corrected chi connectivity index (χ0v) is 15.5.